The van der Waals surface area contributed by atoms with Crippen molar-refractivity contribution in [1.82, 2.24) is 9.62 Å². The molecule has 1 aliphatic rings. The Labute approximate surface area is 209 Å². The maximum absolute atomic E-state index is 13.8. The fraction of sp³-hybridized carbons (Fsp3) is 0.375. The Bertz CT molecular complexity index is 1430. The zero-order chi connectivity index (χ0) is 27.4. The van der Waals surface area contributed by atoms with E-state index in [1.807, 2.05) is 0 Å². The van der Waals surface area contributed by atoms with E-state index in [1.165, 1.54) is 24.3 Å². The molecule has 37 heavy (non-hydrogen) atoms. The van der Waals surface area contributed by atoms with Gasteiger partial charge in [-0.1, -0.05) is 12.1 Å². The summed E-state index contributed by atoms with van der Waals surface area (Å²) in [4.78, 5) is 11.6. The van der Waals surface area contributed by atoms with Crippen molar-refractivity contribution >= 4 is 27.1 Å². The van der Waals surface area contributed by atoms with Gasteiger partial charge in [-0.25, -0.2) is 22.0 Å². The van der Waals surface area contributed by atoms with Gasteiger partial charge in [0.1, 0.15) is 16.9 Å². The Morgan fingerprint density at radius 3 is 2.22 bits per heavy atom. The molecule has 0 spiro atoms. The molecule has 1 fully saturated rings. The summed E-state index contributed by atoms with van der Waals surface area (Å²) in [5.74, 6) is -3.02. The lowest BCUT2D eigenvalue weighted by Gasteiger charge is -2.37. The SMILES string of the molecule is CC(C)(C)OC(=O)NCc1cc2cc(-c3ccc(S(=O)(=O)N4CC(F)(F)C4)cc3)cc(C(F)(F)F)c2o1. The van der Waals surface area contributed by atoms with E-state index in [1.54, 1.807) is 20.8 Å². The highest BCUT2D eigenvalue weighted by molar-refractivity contribution is 7.89. The number of halogens is 5. The minimum atomic E-state index is -4.77. The van der Waals surface area contributed by atoms with Crippen LogP contribution in [0.15, 0.2) is 51.8 Å². The van der Waals surface area contributed by atoms with Crippen LogP contribution in [0.2, 0.25) is 0 Å². The molecule has 13 heteroatoms. The third-order valence-corrected chi connectivity index (χ3v) is 7.23. The van der Waals surface area contributed by atoms with Crippen LogP contribution in [0.25, 0.3) is 22.1 Å². The molecule has 200 valence electrons. The number of carbonyl (C=O) groups excluding carboxylic acids is 1. The van der Waals surface area contributed by atoms with Crippen LogP contribution in [-0.4, -0.2) is 43.4 Å². The maximum atomic E-state index is 13.8. The molecule has 7 nitrogen and oxygen atoms in total. The van der Waals surface area contributed by atoms with E-state index < -0.39 is 58.1 Å². The second-order valence-corrected chi connectivity index (χ2v) is 11.6. The molecule has 1 amide bonds. The van der Waals surface area contributed by atoms with Gasteiger partial charge in [-0.15, -0.1) is 0 Å². The second kappa shape index (κ2) is 8.98. The molecule has 1 N–H and O–H groups in total. The number of nitrogens with one attached hydrogen (secondary N) is 1. The molecule has 1 aliphatic heterocycles. The van der Waals surface area contributed by atoms with Crippen molar-refractivity contribution in [3.63, 3.8) is 0 Å². The molecular weight excluding hydrogens is 523 g/mol. The van der Waals surface area contributed by atoms with Gasteiger partial charge in [0.2, 0.25) is 10.0 Å². The number of hydrogen-bond donors (Lipinski definition) is 1. The van der Waals surface area contributed by atoms with Crippen molar-refractivity contribution in [3.05, 3.63) is 53.8 Å². The minimum absolute atomic E-state index is 0.0660. The first-order valence-electron chi connectivity index (χ1n) is 11.0. The largest absolute Gasteiger partial charge is 0.459 e. The quantitative estimate of drug-likeness (QED) is 0.410. The summed E-state index contributed by atoms with van der Waals surface area (Å²) in [6, 6.07) is 8.58. The van der Waals surface area contributed by atoms with Crippen LogP contribution < -0.4 is 5.32 Å². The fourth-order valence-corrected chi connectivity index (χ4v) is 5.25. The molecule has 1 aromatic heterocycles. The van der Waals surface area contributed by atoms with E-state index in [2.05, 4.69) is 5.32 Å². The third-order valence-electron chi connectivity index (χ3n) is 5.42. The van der Waals surface area contributed by atoms with Gasteiger partial charge in [0.05, 0.1) is 30.1 Å². The summed E-state index contributed by atoms with van der Waals surface area (Å²) in [5.41, 5.74) is -1.83. The number of hydrogen-bond acceptors (Lipinski definition) is 5. The highest BCUT2D eigenvalue weighted by atomic mass is 32.2. The van der Waals surface area contributed by atoms with E-state index in [0.29, 0.717) is 4.31 Å². The Balaban J connectivity index is 1.62. The number of alkyl halides is 5. The molecule has 2 heterocycles. The average Bonchev–Trinajstić information content (AvgIpc) is 3.16. The van der Waals surface area contributed by atoms with Gasteiger partial charge in [0.25, 0.3) is 5.92 Å². The Morgan fingerprint density at radius 2 is 1.68 bits per heavy atom. The minimum Gasteiger partial charge on any atom is -0.459 e. The standard InChI is InChI=1S/C24H23F5N2O5S/c1-22(2,3)36-21(32)30-11-17-9-16-8-15(10-19(20(16)35-17)24(27,28)29)14-4-6-18(7-5-14)37(33,34)31-12-23(25,26)13-31/h4-10H,11-13H2,1-3H3,(H,30,32). The molecule has 0 saturated carbocycles. The number of benzene rings is 2. The molecule has 0 unspecified atom stereocenters. The normalized spacial score (nSPS) is 16.4. The Morgan fingerprint density at radius 1 is 1.05 bits per heavy atom. The summed E-state index contributed by atoms with van der Waals surface area (Å²) in [6.07, 6.45) is -5.53. The number of ether oxygens (including phenoxy) is 1. The summed E-state index contributed by atoms with van der Waals surface area (Å²) in [7, 11) is -4.15. The Kier molecular flexibility index (Phi) is 6.52. The van der Waals surface area contributed by atoms with Gasteiger partial charge in [-0.05, 0) is 62.2 Å². The number of carbonyl (C=O) groups is 1. The first-order chi connectivity index (χ1) is 16.9. The third kappa shape index (κ3) is 5.87. The van der Waals surface area contributed by atoms with Crippen molar-refractivity contribution in [2.24, 2.45) is 0 Å². The number of sulfonamides is 1. The summed E-state index contributed by atoms with van der Waals surface area (Å²) >= 11 is 0. The maximum Gasteiger partial charge on any atom is 0.420 e. The zero-order valence-corrected chi connectivity index (χ0v) is 20.8. The number of amides is 1. The van der Waals surface area contributed by atoms with Gasteiger partial charge in [-0.3, -0.25) is 0 Å². The monoisotopic (exact) mass is 546 g/mol. The molecule has 1 saturated heterocycles. The fourth-order valence-electron chi connectivity index (χ4n) is 3.75. The van der Waals surface area contributed by atoms with Crippen LogP contribution in [0, 0.1) is 0 Å². The van der Waals surface area contributed by atoms with Crippen molar-refractivity contribution in [2.75, 3.05) is 13.1 Å². The summed E-state index contributed by atoms with van der Waals surface area (Å²) < 4.78 is 104. The van der Waals surface area contributed by atoms with Gasteiger partial charge >= 0.3 is 12.3 Å². The van der Waals surface area contributed by atoms with Crippen LogP contribution in [-0.2, 0) is 27.5 Å². The molecule has 2 aromatic carbocycles. The van der Waals surface area contributed by atoms with Gasteiger partial charge < -0.3 is 14.5 Å². The smallest absolute Gasteiger partial charge is 0.420 e. The van der Waals surface area contributed by atoms with Crippen LogP contribution >= 0.6 is 0 Å². The van der Waals surface area contributed by atoms with Crippen LogP contribution in [0.1, 0.15) is 32.1 Å². The second-order valence-electron chi connectivity index (χ2n) is 9.66. The number of furan rings is 1. The molecule has 0 atom stereocenters. The lowest BCUT2D eigenvalue weighted by Crippen LogP contribution is -2.58. The van der Waals surface area contributed by atoms with Gasteiger partial charge in [0, 0.05) is 5.39 Å². The van der Waals surface area contributed by atoms with E-state index >= 15 is 0 Å². The van der Waals surface area contributed by atoms with Crippen LogP contribution in [0.3, 0.4) is 0 Å². The topological polar surface area (TPSA) is 88.8 Å². The van der Waals surface area contributed by atoms with Crippen LogP contribution in [0.5, 0.6) is 0 Å². The molecular formula is C24H23F5N2O5S. The molecule has 3 aromatic rings. The summed E-state index contributed by atoms with van der Waals surface area (Å²) in [5, 5.41) is 2.54. The molecule has 4 rings (SSSR count). The van der Waals surface area contributed by atoms with E-state index in [0.717, 1.165) is 18.2 Å². The lowest BCUT2D eigenvalue weighted by atomic mass is 10.0. The zero-order valence-electron chi connectivity index (χ0n) is 19.9. The first kappa shape index (κ1) is 26.9. The molecule has 0 bridgehead atoms. The Hall–Kier alpha value is -3.19. The number of rotatable bonds is 5. The predicted molar refractivity (Wildman–Crippen MR) is 123 cm³/mol. The molecule has 0 aliphatic carbocycles. The van der Waals surface area contributed by atoms with E-state index in [4.69, 9.17) is 9.15 Å². The van der Waals surface area contributed by atoms with E-state index in [-0.39, 0.29) is 33.7 Å². The average molecular weight is 547 g/mol. The highest BCUT2D eigenvalue weighted by Gasteiger charge is 2.49. The van der Waals surface area contributed by atoms with Crippen molar-refractivity contribution < 1.29 is 44.3 Å². The van der Waals surface area contributed by atoms with Crippen molar-refractivity contribution in [1.29, 1.82) is 0 Å². The number of alkyl carbamates (subject to hydrolysis) is 1. The van der Waals surface area contributed by atoms with Crippen molar-refractivity contribution in [2.45, 2.75) is 49.9 Å². The van der Waals surface area contributed by atoms with Gasteiger partial charge in [0.15, 0.2) is 0 Å². The molecule has 0 radical (unpaired) electrons. The predicted octanol–water partition coefficient (Wildman–Crippen LogP) is 5.78. The van der Waals surface area contributed by atoms with E-state index in [9.17, 15) is 35.2 Å². The van der Waals surface area contributed by atoms with Gasteiger partial charge in [-0.2, -0.15) is 17.5 Å². The van der Waals surface area contributed by atoms with Crippen molar-refractivity contribution in [3.8, 4) is 11.1 Å². The lowest BCUT2D eigenvalue weighted by molar-refractivity contribution is -0.136. The number of fused-ring (bicyclic) bond motifs is 1. The highest BCUT2D eigenvalue weighted by Crippen LogP contribution is 2.40. The van der Waals surface area contributed by atoms with Crippen LogP contribution in [0.4, 0.5) is 26.7 Å². The summed E-state index contributed by atoms with van der Waals surface area (Å²) in [6.45, 7) is 2.93. The first-order valence-corrected chi connectivity index (χ1v) is 12.5. The number of nitrogens with zero attached hydrogens (tertiary/aromatic N) is 1.